The maximum Gasteiger partial charge on any atom is 0.227 e. The van der Waals surface area contributed by atoms with Gasteiger partial charge in [-0.3, -0.25) is 4.79 Å². The molecule has 0 saturated heterocycles. The van der Waals surface area contributed by atoms with Gasteiger partial charge >= 0.3 is 0 Å². The molecule has 0 radical (unpaired) electrons. The Morgan fingerprint density at radius 3 is 2.83 bits per heavy atom. The van der Waals surface area contributed by atoms with E-state index in [2.05, 4.69) is 0 Å². The van der Waals surface area contributed by atoms with Crippen molar-refractivity contribution in [3.8, 4) is 17.0 Å². The van der Waals surface area contributed by atoms with E-state index in [0.29, 0.717) is 12.8 Å². The van der Waals surface area contributed by atoms with Gasteiger partial charge < -0.3 is 14.0 Å². The monoisotopic (exact) mass is 307 g/mol. The van der Waals surface area contributed by atoms with Crippen LogP contribution in [0.5, 0.6) is 5.75 Å². The molecule has 1 aliphatic heterocycles. The third kappa shape index (κ3) is 2.08. The molecule has 0 N–H and O–H groups in total. The van der Waals surface area contributed by atoms with E-state index in [1.165, 1.54) is 0 Å². The van der Waals surface area contributed by atoms with E-state index in [9.17, 15) is 4.79 Å². The molecule has 1 aliphatic rings. The Kier molecular flexibility index (Phi) is 3.08. The summed E-state index contributed by atoms with van der Waals surface area (Å²) in [6, 6.07) is 9.88. The summed E-state index contributed by atoms with van der Waals surface area (Å²) < 4.78 is 7.47. The smallest absolute Gasteiger partial charge is 0.227 e. The van der Waals surface area contributed by atoms with Gasteiger partial charge in [0, 0.05) is 31.4 Å². The number of benzene rings is 1. The van der Waals surface area contributed by atoms with Crippen molar-refractivity contribution in [2.24, 2.45) is 0 Å². The Balaban J connectivity index is 1.94. The molecular weight excluding hydrogens is 290 g/mol. The minimum Gasteiger partial charge on any atom is -0.495 e. The van der Waals surface area contributed by atoms with Crippen LogP contribution >= 0.6 is 0 Å². The van der Waals surface area contributed by atoms with Crippen LogP contribution in [0.15, 0.2) is 42.7 Å². The number of rotatable bonds is 2. The van der Waals surface area contributed by atoms with E-state index in [-0.39, 0.29) is 5.91 Å². The van der Waals surface area contributed by atoms with Gasteiger partial charge in [-0.15, -0.1) is 0 Å². The lowest BCUT2D eigenvalue weighted by Gasteiger charge is -2.29. The summed E-state index contributed by atoms with van der Waals surface area (Å²) in [6.07, 6.45) is 5.22. The number of carbonyl (C=O) groups excluding carboxylic acids is 1. The number of imidazole rings is 1. The fourth-order valence-electron chi connectivity index (χ4n) is 3.23. The maximum absolute atomic E-state index is 12.1. The van der Waals surface area contributed by atoms with Gasteiger partial charge in [-0.2, -0.15) is 0 Å². The van der Waals surface area contributed by atoms with Crippen molar-refractivity contribution in [2.75, 3.05) is 19.1 Å². The molecule has 2 aromatic heterocycles. The number of anilines is 1. The number of methoxy groups -OCH3 is 1. The van der Waals surface area contributed by atoms with Gasteiger partial charge in [-0.25, -0.2) is 4.98 Å². The summed E-state index contributed by atoms with van der Waals surface area (Å²) in [4.78, 5) is 18.5. The summed E-state index contributed by atoms with van der Waals surface area (Å²) in [5, 5.41) is 0. The Labute approximate surface area is 134 Å². The zero-order chi connectivity index (χ0) is 16.0. The largest absolute Gasteiger partial charge is 0.495 e. The normalized spacial score (nSPS) is 14.2. The lowest BCUT2D eigenvalue weighted by Crippen LogP contribution is -2.31. The molecule has 3 heterocycles. The average Bonchev–Trinajstić information content (AvgIpc) is 3.01. The van der Waals surface area contributed by atoms with Gasteiger partial charge in [-0.1, -0.05) is 6.07 Å². The van der Waals surface area contributed by atoms with Gasteiger partial charge in [0.2, 0.25) is 5.91 Å². The number of amides is 1. The van der Waals surface area contributed by atoms with Crippen molar-refractivity contribution in [2.45, 2.75) is 12.8 Å². The number of aromatic nitrogens is 2. The fraction of sp³-hybridized carbons (Fsp3) is 0.222. The van der Waals surface area contributed by atoms with Crippen LogP contribution in [0, 0.1) is 0 Å². The summed E-state index contributed by atoms with van der Waals surface area (Å²) >= 11 is 0. The lowest BCUT2D eigenvalue weighted by molar-refractivity contribution is -0.118. The second kappa shape index (κ2) is 5.12. The van der Waals surface area contributed by atoms with E-state index in [0.717, 1.165) is 33.9 Å². The molecule has 1 amide bonds. The highest BCUT2D eigenvalue weighted by molar-refractivity contribution is 5.99. The molecule has 0 bridgehead atoms. The minimum absolute atomic E-state index is 0.114. The third-order valence-electron chi connectivity index (χ3n) is 4.40. The van der Waals surface area contributed by atoms with Crippen molar-refractivity contribution >= 4 is 17.2 Å². The summed E-state index contributed by atoms with van der Waals surface area (Å²) in [5.74, 6) is 0.839. The molecule has 0 saturated carbocycles. The molecule has 0 unspecified atom stereocenters. The average molecular weight is 307 g/mol. The highest BCUT2D eigenvalue weighted by atomic mass is 16.5. The van der Waals surface area contributed by atoms with Crippen molar-refractivity contribution in [3.05, 3.63) is 48.3 Å². The molecular formula is C18H17N3O2. The lowest BCUT2D eigenvalue weighted by atomic mass is 9.94. The molecule has 1 aromatic carbocycles. The van der Waals surface area contributed by atoms with Crippen molar-refractivity contribution < 1.29 is 9.53 Å². The first-order valence-corrected chi connectivity index (χ1v) is 7.59. The third-order valence-corrected chi connectivity index (χ3v) is 4.40. The standard InChI is InChI=1S/C18H17N3O2/c1-20-17(22)9-7-13-12(6-8-15(23-2)18(13)20)14-11-21-10-4-3-5-16(21)19-14/h3-6,8,10-11H,7,9H2,1-2H3. The first-order valence-electron chi connectivity index (χ1n) is 7.59. The zero-order valence-corrected chi connectivity index (χ0v) is 13.1. The molecule has 116 valence electrons. The number of ether oxygens (including phenoxy) is 1. The molecule has 23 heavy (non-hydrogen) atoms. The highest BCUT2D eigenvalue weighted by Gasteiger charge is 2.27. The maximum atomic E-state index is 12.1. The first-order chi connectivity index (χ1) is 11.2. The number of hydrogen-bond acceptors (Lipinski definition) is 3. The Hall–Kier alpha value is -2.82. The van der Waals surface area contributed by atoms with E-state index >= 15 is 0 Å². The van der Waals surface area contributed by atoms with Crippen molar-refractivity contribution in [1.29, 1.82) is 0 Å². The predicted octanol–water partition coefficient (Wildman–Crippen LogP) is 2.92. The van der Waals surface area contributed by atoms with Crippen molar-refractivity contribution in [1.82, 2.24) is 9.38 Å². The van der Waals surface area contributed by atoms with Gasteiger partial charge in [0.15, 0.2) is 0 Å². The number of fused-ring (bicyclic) bond motifs is 2. The van der Waals surface area contributed by atoms with Crippen LogP contribution in [0.3, 0.4) is 0 Å². The second-order valence-corrected chi connectivity index (χ2v) is 5.69. The topological polar surface area (TPSA) is 46.8 Å². The Morgan fingerprint density at radius 2 is 2.04 bits per heavy atom. The predicted molar refractivity (Wildman–Crippen MR) is 88.9 cm³/mol. The molecule has 0 fully saturated rings. The molecule has 0 aliphatic carbocycles. The fourth-order valence-corrected chi connectivity index (χ4v) is 3.23. The van der Waals surface area contributed by atoms with Crippen LogP contribution in [0.25, 0.3) is 16.9 Å². The quantitative estimate of drug-likeness (QED) is 0.731. The molecule has 5 heteroatoms. The summed E-state index contributed by atoms with van der Waals surface area (Å²) in [5.41, 5.74) is 4.86. The number of pyridine rings is 1. The van der Waals surface area contributed by atoms with Gasteiger partial charge in [0.25, 0.3) is 0 Å². The van der Waals surface area contributed by atoms with E-state index in [4.69, 9.17) is 9.72 Å². The second-order valence-electron chi connectivity index (χ2n) is 5.69. The van der Waals surface area contributed by atoms with Crippen LogP contribution in [0.1, 0.15) is 12.0 Å². The van der Waals surface area contributed by atoms with Crippen LogP contribution in [-0.4, -0.2) is 29.4 Å². The van der Waals surface area contributed by atoms with Crippen LogP contribution in [-0.2, 0) is 11.2 Å². The highest BCUT2D eigenvalue weighted by Crippen LogP contribution is 2.41. The molecule has 4 rings (SSSR count). The number of hydrogen-bond donors (Lipinski definition) is 0. The van der Waals surface area contributed by atoms with Gasteiger partial charge in [-0.05, 0) is 36.2 Å². The van der Waals surface area contributed by atoms with Crippen LogP contribution in [0.4, 0.5) is 5.69 Å². The first kappa shape index (κ1) is 13.8. The Morgan fingerprint density at radius 1 is 1.17 bits per heavy atom. The Bertz CT molecular complexity index is 881. The van der Waals surface area contributed by atoms with E-state index < -0.39 is 0 Å². The van der Waals surface area contributed by atoms with Gasteiger partial charge in [0.05, 0.1) is 18.5 Å². The molecule has 0 spiro atoms. The van der Waals surface area contributed by atoms with Crippen molar-refractivity contribution in [3.63, 3.8) is 0 Å². The van der Waals surface area contributed by atoms with E-state index in [1.807, 2.05) is 47.1 Å². The summed E-state index contributed by atoms with van der Waals surface area (Å²) in [7, 11) is 3.43. The van der Waals surface area contributed by atoms with Crippen LogP contribution < -0.4 is 9.64 Å². The zero-order valence-electron chi connectivity index (χ0n) is 13.1. The van der Waals surface area contributed by atoms with E-state index in [1.54, 1.807) is 19.1 Å². The van der Waals surface area contributed by atoms with Gasteiger partial charge in [0.1, 0.15) is 11.4 Å². The van der Waals surface area contributed by atoms with Crippen LogP contribution in [0.2, 0.25) is 0 Å². The number of carbonyl (C=O) groups is 1. The SMILES string of the molecule is COc1ccc(-c2cn3ccccc3n2)c2c1N(C)C(=O)CC2. The number of nitrogens with zero attached hydrogens (tertiary/aromatic N) is 3. The molecule has 5 nitrogen and oxygen atoms in total. The molecule has 0 atom stereocenters. The minimum atomic E-state index is 0.114. The summed E-state index contributed by atoms with van der Waals surface area (Å²) in [6.45, 7) is 0. The molecule has 3 aromatic rings.